The highest BCUT2D eigenvalue weighted by molar-refractivity contribution is 6.33. The lowest BCUT2D eigenvalue weighted by Crippen LogP contribution is -2.06. The van der Waals surface area contributed by atoms with Crippen molar-refractivity contribution in [2.75, 3.05) is 7.11 Å². The van der Waals surface area contributed by atoms with Crippen molar-refractivity contribution < 1.29 is 14.6 Å². The second-order valence-electron chi connectivity index (χ2n) is 4.26. The van der Waals surface area contributed by atoms with Crippen molar-refractivity contribution in [2.45, 2.75) is 20.3 Å². The Morgan fingerprint density at radius 1 is 1.47 bits per heavy atom. The van der Waals surface area contributed by atoms with Gasteiger partial charge in [0.15, 0.2) is 0 Å². The molecule has 0 fully saturated rings. The monoisotopic (exact) mass is 279 g/mol. The Morgan fingerprint density at radius 2 is 2.16 bits per heavy atom. The quantitative estimate of drug-likeness (QED) is 0.874. The number of hydrogen-bond donors (Lipinski definition) is 1. The van der Waals surface area contributed by atoms with E-state index in [0.29, 0.717) is 23.3 Å². The standard InChI is InChI=1S/C14H14ClNO3/c1-4-9-10-6-8(19-3)5-7(2)12(10)16-13(15)11(9)14(17)18/h5-6H,4H2,1-3H3,(H,17,18). The molecule has 0 spiro atoms. The van der Waals surface area contributed by atoms with Crippen LogP contribution in [0, 0.1) is 6.92 Å². The fraction of sp³-hybridized carbons (Fsp3) is 0.286. The summed E-state index contributed by atoms with van der Waals surface area (Å²) >= 11 is 6.00. The Morgan fingerprint density at radius 3 is 2.68 bits per heavy atom. The van der Waals surface area contributed by atoms with Crippen LogP contribution in [-0.2, 0) is 6.42 Å². The number of halogens is 1. The number of carboxylic acids is 1. The van der Waals surface area contributed by atoms with Gasteiger partial charge in [0.2, 0.25) is 0 Å². The summed E-state index contributed by atoms with van der Waals surface area (Å²) in [6.45, 7) is 3.79. The highest BCUT2D eigenvalue weighted by atomic mass is 35.5. The lowest BCUT2D eigenvalue weighted by Gasteiger charge is -2.13. The summed E-state index contributed by atoms with van der Waals surface area (Å²) in [6, 6.07) is 3.66. The van der Waals surface area contributed by atoms with Crippen molar-refractivity contribution in [3.63, 3.8) is 0 Å². The van der Waals surface area contributed by atoms with Gasteiger partial charge in [0.05, 0.1) is 12.6 Å². The molecule has 1 aromatic carbocycles. The molecular formula is C14H14ClNO3. The summed E-state index contributed by atoms with van der Waals surface area (Å²) in [7, 11) is 1.58. The summed E-state index contributed by atoms with van der Waals surface area (Å²) in [5, 5.41) is 10.1. The van der Waals surface area contributed by atoms with E-state index < -0.39 is 5.97 Å². The van der Waals surface area contributed by atoms with E-state index in [2.05, 4.69) is 4.98 Å². The molecular weight excluding hydrogens is 266 g/mol. The van der Waals surface area contributed by atoms with Gasteiger partial charge < -0.3 is 9.84 Å². The normalized spacial score (nSPS) is 10.7. The third kappa shape index (κ3) is 2.24. The average molecular weight is 280 g/mol. The molecule has 0 aliphatic rings. The maximum atomic E-state index is 11.3. The van der Waals surface area contributed by atoms with Gasteiger partial charge in [-0.2, -0.15) is 0 Å². The molecule has 4 nitrogen and oxygen atoms in total. The van der Waals surface area contributed by atoms with Crippen molar-refractivity contribution in [1.82, 2.24) is 4.98 Å². The van der Waals surface area contributed by atoms with Crippen LogP contribution in [0.2, 0.25) is 5.15 Å². The van der Waals surface area contributed by atoms with Crippen molar-refractivity contribution >= 4 is 28.5 Å². The summed E-state index contributed by atoms with van der Waals surface area (Å²) in [4.78, 5) is 15.5. The van der Waals surface area contributed by atoms with Crippen LogP contribution in [0.1, 0.15) is 28.4 Å². The number of benzene rings is 1. The van der Waals surface area contributed by atoms with Gasteiger partial charge in [0.1, 0.15) is 16.5 Å². The van der Waals surface area contributed by atoms with E-state index in [-0.39, 0.29) is 10.7 Å². The molecule has 1 N–H and O–H groups in total. The van der Waals surface area contributed by atoms with Crippen LogP contribution in [0.25, 0.3) is 10.9 Å². The molecule has 0 amide bonds. The zero-order valence-corrected chi connectivity index (χ0v) is 11.7. The molecule has 0 unspecified atom stereocenters. The van der Waals surface area contributed by atoms with E-state index in [1.165, 1.54) is 0 Å². The van der Waals surface area contributed by atoms with Crippen molar-refractivity contribution in [3.05, 3.63) is 34.0 Å². The molecule has 0 atom stereocenters. The second kappa shape index (κ2) is 5.05. The first-order chi connectivity index (χ1) is 8.99. The van der Waals surface area contributed by atoms with Gasteiger partial charge in [-0.25, -0.2) is 9.78 Å². The van der Waals surface area contributed by atoms with E-state index in [4.69, 9.17) is 16.3 Å². The summed E-state index contributed by atoms with van der Waals surface area (Å²) in [5.41, 5.74) is 2.38. The van der Waals surface area contributed by atoms with Crippen LogP contribution in [-0.4, -0.2) is 23.2 Å². The van der Waals surface area contributed by atoms with Crippen LogP contribution < -0.4 is 4.74 Å². The van der Waals surface area contributed by atoms with Crippen LogP contribution in [0.5, 0.6) is 5.75 Å². The third-order valence-corrected chi connectivity index (χ3v) is 3.39. The van der Waals surface area contributed by atoms with Gasteiger partial charge in [0.25, 0.3) is 0 Å². The summed E-state index contributed by atoms with van der Waals surface area (Å²) < 4.78 is 5.23. The zero-order chi connectivity index (χ0) is 14.2. The number of aromatic carboxylic acids is 1. The maximum absolute atomic E-state index is 11.3. The molecule has 1 aromatic heterocycles. The van der Waals surface area contributed by atoms with Gasteiger partial charge in [-0.15, -0.1) is 0 Å². The number of methoxy groups -OCH3 is 1. The molecule has 5 heteroatoms. The van der Waals surface area contributed by atoms with Crippen molar-refractivity contribution in [2.24, 2.45) is 0 Å². The van der Waals surface area contributed by atoms with E-state index in [1.807, 2.05) is 19.9 Å². The van der Waals surface area contributed by atoms with Gasteiger partial charge in [-0.05, 0) is 36.6 Å². The topological polar surface area (TPSA) is 59.4 Å². The Kier molecular flexibility index (Phi) is 3.62. The van der Waals surface area contributed by atoms with E-state index in [0.717, 1.165) is 10.9 Å². The van der Waals surface area contributed by atoms with Crippen molar-refractivity contribution in [1.29, 1.82) is 0 Å². The molecule has 0 aliphatic carbocycles. The van der Waals surface area contributed by atoms with E-state index in [1.54, 1.807) is 13.2 Å². The molecule has 2 aromatic rings. The lowest BCUT2D eigenvalue weighted by molar-refractivity contribution is 0.0695. The first-order valence-corrected chi connectivity index (χ1v) is 6.27. The molecule has 0 aliphatic heterocycles. The Hall–Kier alpha value is -1.81. The SMILES string of the molecule is CCc1c(C(=O)O)c(Cl)nc2c(C)cc(OC)cc12. The van der Waals surface area contributed by atoms with Gasteiger partial charge in [-0.3, -0.25) is 0 Å². The van der Waals surface area contributed by atoms with Gasteiger partial charge in [-0.1, -0.05) is 18.5 Å². The first-order valence-electron chi connectivity index (χ1n) is 5.89. The van der Waals surface area contributed by atoms with E-state index >= 15 is 0 Å². The minimum atomic E-state index is -1.06. The average Bonchev–Trinajstić information content (AvgIpc) is 2.37. The molecule has 100 valence electrons. The minimum Gasteiger partial charge on any atom is -0.497 e. The predicted molar refractivity (Wildman–Crippen MR) is 74.4 cm³/mol. The van der Waals surface area contributed by atoms with Crippen LogP contribution in [0.4, 0.5) is 0 Å². The molecule has 19 heavy (non-hydrogen) atoms. The molecule has 2 rings (SSSR count). The molecule has 0 saturated heterocycles. The number of carbonyl (C=O) groups is 1. The van der Waals surface area contributed by atoms with Gasteiger partial charge >= 0.3 is 5.97 Å². The highest BCUT2D eigenvalue weighted by Gasteiger charge is 2.19. The molecule has 0 saturated carbocycles. The Labute approximate surface area is 116 Å². The number of hydrogen-bond acceptors (Lipinski definition) is 3. The number of pyridine rings is 1. The fourth-order valence-corrected chi connectivity index (χ4v) is 2.52. The maximum Gasteiger partial charge on any atom is 0.339 e. The van der Waals surface area contributed by atoms with Crippen molar-refractivity contribution in [3.8, 4) is 5.75 Å². The smallest absolute Gasteiger partial charge is 0.339 e. The molecule has 0 bridgehead atoms. The van der Waals surface area contributed by atoms with Crippen LogP contribution in [0.15, 0.2) is 12.1 Å². The number of fused-ring (bicyclic) bond motifs is 1. The number of rotatable bonds is 3. The highest BCUT2D eigenvalue weighted by Crippen LogP contribution is 2.31. The summed E-state index contributed by atoms with van der Waals surface area (Å²) in [6.07, 6.45) is 0.562. The fourth-order valence-electron chi connectivity index (χ4n) is 2.24. The van der Waals surface area contributed by atoms with E-state index in [9.17, 15) is 9.90 Å². The predicted octanol–water partition coefficient (Wildman–Crippen LogP) is 3.47. The number of ether oxygens (including phenoxy) is 1. The Bertz CT molecular complexity index is 668. The lowest BCUT2D eigenvalue weighted by atomic mass is 9.99. The summed E-state index contributed by atoms with van der Waals surface area (Å²) in [5.74, 6) is -0.378. The number of nitrogens with zero attached hydrogens (tertiary/aromatic N) is 1. The first kappa shape index (κ1) is 13.6. The zero-order valence-electron chi connectivity index (χ0n) is 11.0. The largest absolute Gasteiger partial charge is 0.497 e. The molecule has 0 radical (unpaired) electrons. The second-order valence-corrected chi connectivity index (χ2v) is 4.61. The number of aryl methyl sites for hydroxylation is 2. The number of carboxylic acid groups (broad SMARTS) is 1. The van der Waals surface area contributed by atoms with Crippen LogP contribution in [0.3, 0.4) is 0 Å². The number of aromatic nitrogens is 1. The molecule has 1 heterocycles. The third-order valence-electron chi connectivity index (χ3n) is 3.12. The Balaban J connectivity index is 2.95. The van der Waals surface area contributed by atoms with Gasteiger partial charge in [0, 0.05) is 5.39 Å². The minimum absolute atomic E-state index is 0.0325. The van der Waals surface area contributed by atoms with Crippen LogP contribution >= 0.6 is 11.6 Å².